The molecule has 0 aliphatic rings. The van der Waals surface area contributed by atoms with Gasteiger partial charge in [0.1, 0.15) is 0 Å². The van der Waals surface area contributed by atoms with E-state index in [4.69, 9.17) is 0 Å². The highest BCUT2D eigenvalue weighted by Crippen LogP contribution is 2.13. The number of hydrogen-bond donors (Lipinski definition) is 1. The lowest BCUT2D eigenvalue weighted by Gasteiger charge is -2.17. The van der Waals surface area contributed by atoms with E-state index in [9.17, 15) is 21.6 Å². The van der Waals surface area contributed by atoms with E-state index in [2.05, 4.69) is 5.32 Å². The smallest absolute Gasteiger partial charge is 0.307 e. The van der Waals surface area contributed by atoms with Gasteiger partial charge in [-0.1, -0.05) is 20.3 Å². The second-order valence-electron chi connectivity index (χ2n) is 4.40. The number of nitrogens with one attached hydrogen (secondary N) is 1. The summed E-state index contributed by atoms with van der Waals surface area (Å²) >= 11 is 0. The van der Waals surface area contributed by atoms with E-state index in [1.807, 2.05) is 13.8 Å². The topological polar surface area (TPSA) is 46.2 Å². The summed E-state index contributed by atoms with van der Waals surface area (Å²) in [5.74, 6) is 0.0586. The van der Waals surface area contributed by atoms with Gasteiger partial charge in [-0.2, -0.15) is 13.2 Å². The van der Waals surface area contributed by atoms with Gasteiger partial charge in [-0.05, 0) is 12.8 Å². The molecule has 2 atom stereocenters. The van der Waals surface area contributed by atoms with E-state index in [0.717, 1.165) is 6.42 Å². The summed E-state index contributed by atoms with van der Waals surface area (Å²) in [5.41, 5.74) is 0. The van der Waals surface area contributed by atoms with E-state index in [1.165, 1.54) is 6.92 Å². The van der Waals surface area contributed by atoms with E-state index in [0.29, 0.717) is 0 Å². The van der Waals surface area contributed by atoms with Crippen molar-refractivity contribution in [2.24, 2.45) is 5.92 Å². The van der Waals surface area contributed by atoms with Crippen LogP contribution in [0.15, 0.2) is 0 Å². The maximum Gasteiger partial charge on any atom is 0.401 e. The maximum absolute atomic E-state index is 11.9. The van der Waals surface area contributed by atoms with Crippen LogP contribution in [0.2, 0.25) is 0 Å². The quantitative estimate of drug-likeness (QED) is 0.773. The third kappa shape index (κ3) is 7.59. The Labute approximate surface area is 101 Å². The van der Waals surface area contributed by atoms with E-state index >= 15 is 0 Å². The summed E-state index contributed by atoms with van der Waals surface area (Å²) in [6.45, 7) is 3.80. The van der Waals surface area contributed by atoms with Crippen molar-refractivity contribution in [1.29, 1.82) is 0 Å². The largest absolute Gasteiger partial charge is 0.401 e. The molecule has 0 radical (unpaired) electrons. The van der Waals surface area contributed by atoms with E-state index < -0.39 is 27.8 Å². The van der Waals surface area contributed by atoms with Crippen LogP contribution in [0.4, 0.5) is 13.2 Å². The standard InChI is InChI=1S/C10H20F3NO2S/c1-4-8(2)6-17(15,16)9(3)5-14-7-10(11,12)13/h8-9,14H,4-7H2,1-3H3. The molecular weight excluding hydrogens is 255 g/mol. The van der Waals surface area contributed by atoms with Gasteiger partial charge in [0.15, 0.2) is 9.84 Å². The van der Waals surface area contributed by atoms with Crippen LogP contribution in [0, 0.1) is 5.92 Å². The molecule has 0 saturated carbocycles. The molecule has 0 aromatic carbocycles. The molecular formula is C10H20F3NO2S. The molecule has 17 heavy (non-hydrogen) atoms. The van der Waals surface area contributed by atoms with Crippen LogP contribution < -0.4 is 5.32 Å². The van der Waals surface area contributed by atoms with Crippen molar-refractivity contribution < 1.29 is 21.6 Å². The Morgan fingerprint density at radius 3 is 2.18 bits per heavy atom. The minimum Gasteiger partial charge on any atom is -0.307 e. The highest BCUT2D eigenvalue weighted by Gasteiger charge is 2.28. The third-order valence-electron chi connectivity index (χ3n) is 2.58. The van der Waals surface area contributed by atoms with Crippen LogP contribution in [-0.4, -0.2) is 38.7 Å². The fourth-order valence-electron chi connectivity index (χ4n) is 1.22. The molecule has 0 heterocycles. The molecule has 0 spiro atoms. The van der Waals surface area contributed by atoms with Crippen LogP contribution in [0.1, 0.15) is 27.2 Å². The molecule has 0 aromatic rings. The molecule has 0 fully saturated rings. The van der Waals surface area contributed by atoms with Crippen molar-refractivity contribution in [3.8, 4) is 0 Å². The predicted molar refractivity (Wildman–Crippen MR) is 61.6 cm³/mol. The SMILES string of the molecule is CCC(C)CS(=O)(=O)C(C)CNCC(F)(F)F. The molecule has 0 aromatic heterocycles. The maximum atomic E-state index is 11.9. The molecule has 0 aliphatic heterocycles. The Bertz CT molecular complexity index is 314. The van der Waals surface area contributed by atoms with Crippen LogP contribution in [0.25, 0.3) is 0 Å². The molecule has 0 saturated heterocycles. The predicted octanol–water partition coefficient (Wildman–Crippen LogP) is 1.99. The van der Waals surface area contributed by atoms with Gasteiger partial charge < -0.3 is 5.32 Å². The average molecular weight is 275 g/mol. The second kappa shape index (κ2) is 6.58. The van der Waals surface area contributed by atoms with Gasteiger partial charge in [0.05, 0.1) is 17.5 Å². The first-order chi connectivity index (χ1) is 7.58. The first-order valence-corrected chi connectivity index (χ1v) is 7.29. The minimum atomic E-state index is -4.31. The average Bonchev–Trinajstić information content (AvgIpc) is 2.14. The summed E-state index contributed by atoms with van der Waals surface area (Å²) in [4.78, 5) is 0. The highest BCUT2D eigenvalue weighted by molar-refractivity contribution is 7.92. The summed E-state index contributed by atoms with van der Waals surface area (Å²) in [7, 11) is -3.32. The lowest BCUT2D eigenvalue weighted by atomic mass is 10.2. The van der Waals surface area contributed by atoms with Crippen LogP contribution >= 0.6 is 0 Å². The van der Waals surface area contributed by atoms with Crippen molar-refractivity contribution in [2.45, 2.75) is 38.6 Å². The van der Waals surface area contributed by atoms with Gasteiger partial charge in [-0.15, -0.1) is 0 Å². The zero-order valence-electron chi connectivity index (χ0n) is 10.3. The van der Waals surface area contributed by atoms with Crippen molar-refractivity contribution in [3.63, 3.8) is 0 Å². The Kier molecular flexibility index (Phi) is 6.47. The molecule has 0 rings (SSSR count). The first-order valence-electron chi connectivity index (χ1n) is 5.57. The van der Waals surface area contributed by atoms with Crippen LogP contribution in [-0.2, 0) is 9.84 Å². The molecule has 2 unspecified atom stereocenters. The molecule has 0 aliphatic carbocycles. The number of sulfone groups is 1. The van der Waals surface area contributed by atoms with Crippen LogP contribution in [0.3, 0.4) is 0 Å². The summed E-state index contributed by atoms with van der Waals surface area (Å²) in [5, 5.41) is 1.33. The van der Waals surface area contributed by atoms with Gasteiger partial charge in [0.25, 0.3) is 0 Å². The molecule has 1 N–H and O–H groups in total. The van der Waals surface area contributed by atoms with E-state index in [-0.39, 0.29) is 18.2 Å². The number of hydrogen-bond acceptors (Lipinski definition) is 3. The Morgan fingerprint density at radius 2 is 1.76 bits per heavy atom. The van der Waals surface area contributed by atoms with Gasteiger partial charge in [-0.3, -0.25) is 0 Å². The Hall–Kier alpha value is -0.300. The zero-order valence-corrected chi connectivity index (χ0v) is 11.2. The summed E-state index contributed by atoms with van der Waals surface area (Å²) < 4.78 is 59.0. The van der Waals surface area contributed by atoms with Gasteiger partial charge >= 0.3 is 6.18 Å². The molecule has 0 bridgehead atoms. The Morgan fingerprint density at radius 1 is 1.24 bits per heavy atom. The van der Waals surface area contributed by atoms with Gasteiger partial charge in [-0.25, -0.2) is 8.42 Å². The minimum absolute atomic E-state index is 0.0262. The first kappa shape index (κ1) is 16.7. The second-order valence-corrected chi connectivity index (χ2v) is 6.86. The van der Waals surface area contributed by atoms with Crippen LogP contribution in [0.5, 0.6) is 0 Å². The molecule has 0 amide bonds. The lowest BCUT2D eigenvalue weighted by molar-refractivity contribution is -0.124. The van der Waals surface area contributed by atoms with Crippen molar-refractivity contribution in [2.75, 3.05) is 18.8 Å². The van der Waals surface area contributed by atoms with Gasteiger partial charge in [0, 0.05) is 6.54 Å². The Balaban J connectivity index is 4.17. The monoisotopic (exact) mass is 275 g/mol. The highest BCUT2D eigenvalue weighted by atomic mass is 32.2. The fraction of sp³-hybridized carbons (Fsp3) is 1.00. The molecule has 3 nitrogen and oxygen atoms in total. The summed E-state index contributed by atoms with van der Waals surface area (Å²) in [6.07, 6.45) is -3.57. The van der Waals surface area contributed by atoms with Gasteiger partial charge in [0.2, 0.25) is 0 Å². The number of rotatable bonds is 7. The number of halogens is 3. The zero-order chi connectivity index (χ0) is 13.7. The number of alkyl halides is 3. The molecule has 7 heteroatoms. The molecule has 104 valence electrons. The van der Waals surface area contributed by atoms with E-state index in [1.54, 1.807) is 0 Å². The third-order valence-corrected chi connectivity index (χ3v) is 5.01. The van der Waals surface area contributed by atoms with Crippen molar-refractivity contribution in [1.82, 2.24) is 5.32 Å². The fourth-order valence-corrected chi connectivity index (χ4v) is 2.95. The lowest BCUT2D eigenvalue weighted by Crippen LogP contribution is -2.38. The van der Waals surface area contributed by atoms with Crippen molar-refractivity contribution >= 4 is 9.84 Å². The normalized spacial score (nSPS) is 16.8. The van der Waals surface area contributed by atoms with Crippen molar-refractivity contribution in [3.05, 3.63) is 0 Å². The summed E-state index contributed by atoms with van der Waals surface area (Å²) in [6, 6.07) is 0.